The van der Waals surface area contributed by atoms with Gasteiger partial charge in [0.05, 0.1) is 15.5 Å². The van der Waals surface area contributed by atoms with Crippen LogP contribution in [0, 0.1) is 11.8 Å². The summed E-state index contributed by atoms with van der Waals surface area (Å²) < 4.78 is 27.0. The van der Waals surface area contributed by atoms with Crippen LogP contribution >= 0.6 is 11.6 Å². The molecule has 116 valence electrons. The highest BCUT2D eigenvalue weighted by molar-refractivity contribution is 7.89. The van der Waals surface area contributed by atoms with Crippen molar-refractivity contribution in [2.75, 3.05) is 6.54 Å². The highest BCUT2D eigenvalue weighted by Gasteiger charge is 2.26. The van der Waals surface area contributed by atoms with E-state index in [2.05, 4.69) is 11.6 Å². The van der Waals surface area contributed by atoms with Crippen molar-refractivity contribution >= 4 is 27.6 Å². The highest BCUT2D eigenvalue weighted by atomic mass is 35.5. The van der Waals surface area contributed by atoms with E-state index in [1.165, 1.54) is 12.1 Å². The summed E-state index contributed by atoms with van der Waals surface area (Å²) in [5, 5.41) is 9.01. The van der Waals surface area contributed by atoms with Gasteiger partial charge in [-0.2, -0.15) is 0 Å². The quantitative estimate of drug-likeness (QED) is 0.869. The largest absolute Gasteiger partial charge is 0.478 e. The second kappa shape index (κ2) is 6.34. The molecule has 5 nitrogen and oxygen atoms in total. The van der Waals surface area contributed by atoms with Gasteiger partial charge in [0.1, 0.15) is 0 Å². The SMILES string of the molecule is CC1CCCC1CNS(=O)(=O)c1ccc(Cl)c(C(=O)O)c1. The third-order valence-electron chi connectivity index (χ3n) is 4.05. The maximum atomic E-state index is 12.2. The van der Waals surface area contributed by atoms with Crippen LogP contribution in [-0.2, 0) is 10.0 Å². The minimum atomic E-state index is -3.72. The highest BCUT2D eigenvalue weighted by Crippen LogP contribution is 2.30. The van der Waals surface area contributed by atoms with Crippen molar-refractivity contribution < 1.29 is 18.3 Å². The molecule has 0 heterocycles. The van der Waals surface area contributed by atoms with Crippen LogP contribution in [0.4, 0.5) is 0 Å². The predicted molar refractivity (Wildman–Crippen MR) is 80.1 cm³/mol. The lowest BCUT2D eigenvalue weighted by atomic mass is 9.99. The number of carbonyl (C=O) groups is 1. The van der Waals surface area contributed by atoms with Gasteiger partial charge in [-0.05, 0) is 36.5 Å². The Labute approximate surface area is 129 Å². The molecule has 1 saturated carbocycles. The minimum Gasteiger partial charge on any atom is -0.478 e. The van der Waals surface area contributed by atoms with Crippen LogP contribution in [0.2, 0.25) is 5.02 Å². The van der Waals surface area contributed by atoms with E-state index < -0.39 is 16.0 Å². The Bertz CT molecular complexity index is 644. The standard InChI is InChI=1S/C14H18ClNO4S/c1-9-3-2-4-10(9)8-16-21(19,20)11-5-6-13(15)12(7-11)14(17)18/h5-7,9-10,16H,2-4,8H2,1H3,(H,17,18). The van der Waals surface area contributed by atoms with E-state index in [0.29, 0.717) is 18.4 Å². The lowest BCUT2D eigenvalue weighted by Crippen LogP contribution is -2.30. The van der Waals surface area contributed by atoms with Gasteiger partial charge in [0.25, 0.3) is 0 Å². The first-order valence-corrected chi connectivity index (χ1v) is 8.70. The number of carboxylic acid groups (broad SMARTS) is 1. The van der Waals surface area contributed by atoms with Crippen LogP contribution in [0.5, 0.6) is 0 Å². The number of rotatable bonds is 5. The monoisotopic (exact) mass is 331 g/mol. The number of halogens is 1. The molecule has 7 heteroatoms. The second-order valence-electron chi connectivity index (χ2n) is 5.47. The molecule has 0 bridgehead atoms. The lowest BCUT2D eigenvalue weighted by molar-refractivity contribution is 0.0697. The van der Waals surface area contributed by atoms with Crippen molar-refractivity contribution in [1.29, 1.82) is 0 Å². The average Bonchev–Trinajstić information content (AvgIpc) is 2.82. The Balaban J connectivity index is 2.15. The van der Waals surface area contributed by atoms with E-state index in [1.807, 2.05) is 0 Å². The first-order valence-electron chi connectivity index (χ1n) is 6.84. The fourth-order valence-electron chi connectivity index (χ4n) is 2.66. The van der Waals surface area contributed by atoms with Gasteiger partial charge < -0.3 is 5.11 Å². The van der Waals surface area contributed by atoms with Crippen molar-refractivity contribution in [2.45, 2.75) is 31.1 Å². The molecule has 1 aliphatic carbocycles. The van der Waals surface area contributed by atoms with E-state index in [-0.39, 0.29) is 15.5 Å². The lowest BCUT2D eigenvalue weighted by Gasteiger charge is -2.16. The molecule has 21 heavy (non-hydrogen) atoms. The Kier molecular flexibility index (Phi) is 4.91. The third-order valence-corrected chi connectivity index (χ3v) is 5.80. The van der Waals surface area contributed by atoms with Gasteiger partial charge in [0.2, 0.25) is 10.0 Å². The minimum absolute atomic E-state index is 0.0193. The summed E-state index contributed by atoms with van der Waals surface area (Å²) in [6.07, 6.45) is 3.26. The van der Waals surface area contributed by atoms with Crippen molar-refractivity contribution in [3.05, 3.63) is 28.8 Å². The summed E-state index contributed by atoms with van der Waals surface area (Å²) in [7, 11) is -3.72. The second-order valence-corrected chi connectivity index (χ2v) is 7.64. The maximum absolute atomic E-state index is 12.2. The molecule has 1 aromatic rings. The molecule has 0 radical (unpaired) electrons. The van der Waals surface area contributed by atoms with Gasteiger partial charge in [-0.3, -0.25) is 0 Å². The molecule has 1 fully saturated rings. The maximum Gasteiger partial charge on any atom is 0.337 e. The third kappa shape index (κ3) is 3.75. The predicted octanol–water partition coefficient (Wildman–Crippen LogP) is 2.75. The Morgan fingerprint density at radius 1 is 1.43 bits per heavy atom. The molecule has 2 rings (SSSR count). The fourth-order valence-corrected chi connectivity index (χ4v) is 3.98. The van der Waals surface area contributed by atoms with E-state index in [9.17, 15) is 13.2 Å². The number of hydrogen-bond acceptors (Lipinski definition) is 3. The zero-order valence-electron chi connectivity index (χ0n) is 11.7. The van der Waals surface area contributed by atoms with Crippen molar-refractivity contribution in [1.82, 2.24) is 4.72 Å². The molecule has 1 aromatic carbocycles. The summed E-state index contributed by atoms with van der Waals surface area (Å²) in [5.41, 5.74) is -0.214. The molecule has 0 spiro atoms. The normalized spacial score (nSPS) is 22.4. The summed E-state index contributed by atoms with van der Waals surface area (Å²) in [4.78, 5) is 10.9. The molecule has 0 saturated heterocycles. The van der Waals surface area contributed by atoms with Crippen molar-refractivity contribution in [3.63, 3.8) is 0 Å². The Morgan fingerprint density at radius 2 is 2.14 bits per heavy atom. The zero-order valence-corrected chi connectivity index (χ0v) is 13.2. The molecular weight excluding hydrogens is 314 g/mol. The Morgan fingerprint density at radius 3 is 2.71 bits per heavy atom. The molecule has 1 aliphatic rings. The van der Waals surface area contributed by atoms with Crippen LogP contribution in [-0.4, -0.2) is 26.0 Å². The van der Waals surface area contributed by atoms with Gasteiger partial charge in [0.15, 0.2) is 0 Å². The Hall–Kier alpha value is -1.11. The number of sulfonamides is 1. The van der Waals surface area contributed by atoms with Crippen LogP contribution in [0.3, 0.4) is 0 Å². The van der Waals surface area contributed by atoms with Crippen molar-refractivity contribution in [3.8, 4) is 0 Å². The number of nitrogens with one attached hydrogen (secondary N) is 1. The van der Waals surface area contributed by atoms with E-state index in [4.69, 9.17) is 16.7 Å². The van der Waals surface area contributed by atoms with Gasteiger partial charge in [-0.15, -0.1) is 0 Å². The summed E-state index contributed by atoms with van der Waals surface area (Å²) in [6.45, 7) is 2.51. The van der Waals surface area contributed by atoms with Crippen LogP contribution in [0.25, 0.3) is 0 Å². The number of benzene rings is 1. The average molecular weight is 332 g/mol. The summed E-state index contributed by atoms with van der Waals surface area (Å²) >= 11 is 5.75. The topological polar surface area (TPSA) is 83.5 Å². The molecule has 0 aromatic heterocycles. The molecule has 0 aliphatic heterocycles. The molecule has 0 amide bonds. The summed E-state index contributed by atoms with van der Waals surface area (Å²) in [6, 6.07) is 3.69. The van der Waals surface area contributed by atoms with Gasteiger partial charge in [-0.25, -0.2) is 17.9 Å². The summed E-state index contributed by atoms with van der Waals surface area (Å²) in [5.74, 6) is -0.403. The van der Waals surface area contributed by atoms with Gasteiger partial charge in [-0.1, -0.05) is 31.4 Å². The number of hydrogen-bond donors (Lipinski definition) is 2. The van der Waals surface area contributed by atoms with E-state index >= 15 is 0 Å². The van der Waals surface area contributed by atoms with Gasteiger partial charge in [0, 0.05) is 6.54 Å². The molecular formula is C14H18ClNO4S. The van der Waals surface area contributed by atoms with E-state index in [1.54, 1.807) is 0 Å². The number of carboxylic acids is 1. The van der Waals surface area contributed by atoms with Crippen LogP contribution in [0.1, 0.15) is 36.5 Å². The first kappa shape index (κ1) is 16.3. The fraction of sp³-hybridized carbons (Fsp3) is 0.500. The van der Waals surface area contributed by atoms with E-state index in [0.717, 1.165) is 25.3 Å². The van der Waals surface area contributed by atoms with Crippen molar-refractivity contribution in [2.24, 2.45) is 11.8 Å². The smallest absolute Gasteiger partial charge is 0.337 e. The molecule has 2 atom stereocenters. The van der Waals surface area contributed by atoms with Crippen LogP contribution < -0.4 is 4.72 Å². The zero-order chi connectivity index (χ0) is 15.6. The van der Waals surface area contributed by atoms with Gasteiger partial charge >= 0.3 is 5.97 Å². The molecule has 2 N–H and O–H groups in total. The molecule has 2 unspecified atom stereocenters. The number of aromatic carboxylic acids is 1. The first-order chi connectivity index (χ1) is 9.81. The van der Waals surface area contributed by atoms with Crippen LogP contribution in [0.15, 0.2) is 23.1 Å².